The number of aromatic hydroxyl groups is 1. The number of amides is 2. The van der Waals surface area contributed by atoms with Gasteiger partial charge in [-0.15, -0.1) is 0 Å². The van der Waals surface area contributed by atoms with Crippen molar-refractivity contribution in [1.29, 1.82) is 0 Å². The summed E-state index contributed by atoms with van der Waals surface area (Å²) >= 11 is 0. The minimum absolute atomic E-state index is 0.173. The van der Waals surface area contributed by atoms with E-state index in [2.05, 4.69) is 0 Å². The molecule has 2 heterocycles. The van der Waals surface area contributed by atoms with Gasteiger partial charge in [-0.25, -0.2) is 4.39 Å². The van der Waals surface area contributed by atoms with Crippen LogP contribution in [0.15, 0.2) is 83.9 Å². The number of phenolic OH excluding ortho intramolecular Hbond substituents is 1. The first-order chi connectivity index (χ1) is 21.1. The third-order valence-corrected chi connectivity index (χ3v) is 9.01. The normalized spacial score (nSPS) is 23.6. The molecule has 0 saturated carbocycles. The van der Waals surface area contributed by atoms with E-state index in [0.29, 0.717) is 24.8 Å². The van der Waals surface area contributed by atoms with Crippen molar-refractivity contribution in [2.45, 2.75) is 38.6 Å². The first-order valence-electron chi connectivity index (χ1n) is 14.7. The third-order valence-electron chi connectivity index (χ3n) is 9.01. The number of rotatable bonds is 7. The number of phenols is 1. The molecule has 3 aliphatic rings. The quantitative estimate of drug-likeness (QED) is 0.143. The molecule has 2 amide bonds. The van der Waals surface area contributed by atoms with E-state index in [1.54, 1.807) is 18.2 Å². The van der Waals surface area contributed by atoms with Crippen LogP contribution in [0.3, 0.4) is 0 Å². The van der Waals surface area contributed by atoms with Crippen LogP contribution in [0.25, 0.3) is 11.6 Å². The molecule has 11 heteroatoms. The van der Waals surface area contributed by atoms with Gasteiger partial charge >= 0.3 is 14.2 Å². The lowest BCUT2D eigenvalue weighted by atomic mass is 9.58. The Bertz CT molecular complexity index is 1660. The summed E-state index contributed by atoms with van der Waals surface area (Å²) in [5.41, 5.74) is 4.78. The lowest BCUT2D eigenvalue weighted by Crippen LogP contribution is -2.46. The number of hydrogen-bond donors (Lipinski definition) is 4. The minimum Gasteiger partial charge on any atom is -0.505 e. The molecular formula is C33H32B2FNO7. The highest BCUT2D eigenvalue weighted by molar-refractivity contribution is 6.58. The second kappa shape index (κ2) is 12.2. The number of benzene rings is 3. The third kappa shape index (κ3) is 5.64. The highest BCUT2D eigenvalue weighted by atomic mass is 19.1. The van der Waals surface area contributed by atoms with Gasteiger partial charge in [-0.05, 0) is 90.4 Å². The smallest absolute Gasteiger partial charge is 0.488 e. The average Bonchev–Trinajstić information content (AvgIpc) is 3.26. The minimum atomic E-state index is -1.74. The molecule has 0 spiro atoms. The summed E-state index contributed by atoms with van der Waals surface area (Å²) in [6.07, 6.45) is 2.91. The van der Waals surface area contributed by atoms with Crippen molar-refractivity contribution in [3.8, 4) is 5.75 Å². The number of anilines is 1. The van der Waals surface area contributed by atoms with Gasteiger partial charge in [0.05, 0.1) is 23.6 Å². The SMILES string of the molecule is CC1=C2[C@@H](CC/C(=C/c3ccc(O)c(F)c3)c3ccccc3)OB(O)C[C@@H]2[C@@H]2C(=O)N(c3cccc(B(O)O)c3)C(=O)[C@@H]2C1. The van der Waals surface area contributed by atoms with Crippen LogP contribution in [0.5, 0.6) is 5.75 Å². The molecule has 44 heavy (non-hydrogen) atoms. The highest BCUT2D eigenvalue weighted by Crippen LogP contribution is 2.51. The summed E-state index contributed by atoms with van der Waals surface area (Å²) in [6.45, 7) is 1.95. The molecule has 0 unspecified atom stereocenters. The lowest BCUT2D eigenvalue weighted by Gasteiger charge is -2.42. The van der Waals surface area contributed by atoms with Crippen molar-refractivity contribution in [3.05, 3.63) is 101 Å². The van der Waals surface area contributed by atoms with Crippen molar-refractivity contribution >= 4 is 48.9 Å². The Morgan fingerprint density at radius 3 is 2.55 bits per heavy atom. The fraction of sp³-hybridized carbons (Fsp3) is 0.273. The molecule has 0 bridgehead atoms. The highest BCUT2D eigenvalue weighted by Gasteiger charge is 2.57. The standard InChI is InChI=1S/C33H32B2FNO7/c1-19-14-25-31(33(40)37(32(25)39)24-9-5-8-23(17-24)35(42)43)26-18-34(41)44-29(30(19)26)13-11-22(21-6-3-2-4-7-21)15-20-10-12-28(38)27(36)16-20/h2-10,12,15-17,25-26,29,31,38,41-43H,11,13-14,18H2,1H3/b22-15-/t25-,26+,29-,31-/m1/s1. The largest absolute Gasteiger partial charge is 0.505 e. The number of fused-ring (bicyclic) bond motifs is 3. The van der Waals surface area contributed by atoms with E-state index in [1.165, 1.54) is 24.3 Å². The predicted molar refractivity (Wildman–Crippen MR) is 166 cm³/mol. The first kappa shape index (κ1) is 30.0. The average molecular weight is 595 g/mol. The maximum Gasteiger partial charge on any atom is 0.488 e. The zero-order valence-corrected chi connectivity index (χ0v) is 24.1. The van der Waals surface area contributed by atoms with Crippen LogP contribution < -0.4 is 10.4 Å². The number of hydrogen-bond acceptors (Lipinski definition) is 7. The number of nitrogens with zero attached hydrogens (tertiary/aromatic N) is 1. The zero-order chi connectivity index (χ0) is 31.1. The van der Waals surface area contributed by atoms with Gasteiger partial charge in [0, 0.05) is 0 Å². The topological polar surface area (TPSA) is 128 Å². The van der Waals surface area contributed by atoms with Gasteiger partial charge in [-0.1, -0.05) is 60.2 Å². The van der Waals surface area contributed by atoms with Gasteiger partial charge in [0.1, 0.15) is 0 Å². The Kier molecular flexibility index (Phi) is 8.30. The second-order valence-corrected chi connectivity index (χ2v) is 11.8. The molecule has 0 aromatic heterocycles. The van der Waals surface area contributed by atoms with Crippen molar-refractivity contribution in [3.63, 3.8) is 0 Å². The summed E-state index contributed by atoms with van der Waals surface area (Å²) in [5, 5.41) is 39.7. The molecule has 2 saturated heterocycles. The van der Waals surface area contributed by atoms with Crippen LogP contribution in [0.4, 0.5) is 10.1 Å². The molecular weight excluding hydrogens is 563 g/mol. The van der Waals surface area contributed by atoms with Gasteiger partial charge in [0.15, 0.2) is 11.6 Å². The lowest BCUT2D eigenvalue weighted by molar-refractivity contribution is -0.122. The van der Waals surface area contributed by atoms with Crippen molar-refractivity contribution in [2.24, 2.45) is 17.8 Å². The van der Waals surface area contributed by atoms with E-state index in [4.69, 9.17) is 4.65 Å². The molecule has 3 aromatic rings. The summed E-state index contributed by atoms with van der Waals surface area (Å²) in [6, 6.07) is 20.0. The Balaban J connectivity index is 1.29. The summed E-state index contributed by atoms with van der Waals surface area (Å²) in [7, 11) is -2.87. The van der Waals surface area contributed by atoms with Crippen LogP contribution >= 0.6 is 0 Å². The van der Waals surface area contributed by atoms with E-state index in [9.17, 15) is 34.2 Å². The monoisotopic (exact) mass is 595 g/mol. The second-order valence-electron chi connectivity index (χ2n) is 11.8. The summed E-state index contributed by atoms with van der Waals surface area (Å²) < 4.78 is 20.2. The maximum atomic E-state index is 14.1. The Morgan fingerprint density at radius 1 is 1.05 bits per heavy atom. The molecule has 4 N–H and O–H groups in total. The van der Waals surface area contributed by atoms with E-state index < -0.39 is 49.7 Å². The van der Waals surface area contributed by atoms with E-state index in [0.717, 1.165) is 27.2 Å². The van der Waals surface area contributed by atoms with Crippen molar-refractivity contribution < 1.29 is 38.8 Å². The Labute approximate surface area is 255 Å². The van der Waals surface area contributed by atoms with Crippen LogP contribution in [-0.4, -0.2) is 52.3 Å². The molecule has 8 nitrogen and oxygen atoms in total. The van der Waals surface area contributed by atoms with Gasteiger partial charge < -0.3 is 24.8 Å². The van der Waals surface area contributed by atoms with Crippen LogP contribution in [0.2, 0.25) is 6.32 Å². The maximum absolute atomic E-state index is 14.1. The van der Waals surface area contributed by atoms with E-state index in [-0.39, 0.29) is 29.3 Å². The van der Waals surface area contributed by atoms with Crippen LogP contribution in [0.1, 0.15) is 37.3 Å². The fourth-order valence-electron chi connectivity index (χ4n) is 7.05. The molecule has 3 aromatic carbocycles. The molecule has 1 aliphatic carbocycles. The van der Waals surface area contributed by atoms with Gasteiger partial charge in [0.25, 0.3) is 0 Å². The first-order valence-corrected chi connectivity index (χ1v) is 14.7. The molecule has 224 valence electrons. The van der Waals surface area contributed by atoms with Gasteiger partial charge in [-0.2, -0.15) is 0 Å². The Hall–Kier alpha value is -4.02. The van der Waals surface area contributed by atoms with Crippen LogP contribution in [0, 0.1) is 23.6 Å². The van der Waals surface area contributed by atoms with Gasteiger partial charge in [-0.3, -0.25) is 14.5 Å². The predicted octanol–water partition coefficient (Wildman–Crippen LogP) is 3.55. The number of allylic oxidation sites excluding steroid dienone is 2. The molecule has 2 aliphatic heterocycles. The number of carbonyl (C=O) groups is 2. The number of carbonyl (C=O) groups excluding carboxylic acids is 2. The Morgan fingerprint density at radius 2 is 1.82 bits per heavy atom. The fourth-order valence-corrected chi connectivity index (χ4v) is 7.05. The van der Waals surface area contributed by atoms with Crippen molar-refractivity contribution in [1.82, 2.24) is 0 Å². The van der Waals surface area contributed by atoms with E-state index in [1.807, 2.05) is 43.3 Å². The summed E-state index contributed by atoms with van der Waals surface area (Å²) in [5.74, 6) is -3.50. The zero-order valence-electron chi connectivity index (χ0n) is 24.1. The number of imide groups is 1. The van der Waals surface area contributed by atoms with Gasteiger partial charge in [0.2, 0.25) is 11.8 Å². The van der Waals surface area contributed by atoms with Crippen LogP contribution in [-0.2, 0) is 14.2 Å². The molecule has 0 radical (unpaired) electrons. The molecule has 4 atom stereocenters. The van der Waals surface area contributed by atoms with E-state index >= 15 is 0 Å². The molecule has 6 rings (SSSR count). The summed E-state index contributed by atoms with van der Waals surface area (Å²) in [4.78, 5) is 28.6. The molecule has 2 fully saturated rings. The number of halogens is 1. The van der Waals surface area contributed by atoms with Crippen molar-refractivity contribution in [2.75, 3.05) is 4.90 Å².